The van der Waals surface area contributed by atoms with Crippen molar-refractivity contribution in [3.63, 3.8) is 0 Å². The van der Waals surface area contributed by atoms with E-state index in [1.54, 1.807) is 0 Å². The Labute approximate surface area is 78.1 Å². The first-order chi connectivity index (χ1) is 6.33. The molecule has 0 bridgehead atoms. The SMILES string of the molecule is CN1CCCC1C12C=NC=CC1O2. The lowest BCUT2D eigenvalue weighted by Crippen LogP contribution is -2.42. The maximum Gasteiger partial charge on any atom is 0.149 e. The molecule has 3 nitrogen and oxygen atoms in total. The first kappa shape index (κ1) is 7.71. The Balaban J connectivity index is 1.86. The number of epoxide rings is 1. The lowest BCUT2D eigenvalue weighted by Gasteiger charge is -2.24. The summed E-state index contributed by atoms with van der Waals surface area (Å²) >= 11 is 0. The lowest BCUT2D eigenvalue weighted by atomic mass is 9.94. The van der Waals surface area contributed by atoms with Gasteiger partial charge in [0.05, 0.1) is 0 Å². The molecule has 3 aliphatic heterocycles. The third-order valence-corrected chi connectivity index (χ3v) is 3.38. The topological polar surface area (TPSA) is 28.1 Å². The average Bonchev–Trinajstić information content (AvgIpc) is 2.74. The average molecular weight is 178 g/mol. The van der Waals surface area contributed by atoms with Crippen LogP contribution in [0.2, 0.25) is 0 Å². The van der Waals surface area contributed by atoms with E-state index >= 15 is 0 Å². The second-order valence-electron chi connectivity index (χ2n) is 4.15. The highest BCUT2D eigenvalue weighted by Crippen LogP contribution is 2.45. The molecule has 0 amide bonds. The van der Waals surface area contributed by atoms with Gasteiger partial charge in [0.1, 0.15) is 11.7 Å². The molecular formula is C10H14N2O. The second-order valence-corrected chi connectivity index (χ2v) is 4.15. The van der Waals surface area contributed by atoms with E-state index in [0.29, 0.717) is 12.1 Å². The highest BCUT2D eigenvalue weighted by atomic mass is 16.6. The van der Waals surface area contributed by atoms with Crippen LogP contribution in [0.3, 0.4) is 0 Å². The molecule has 0 aromatic heterocycles. The zero-order valence-electron chi connectivity index (χ0n) is 7.81. The standard InChI is InChI=1S/C10H14N2O/c1-12-6-2-3-8(12)10-7-11-5-4-9(10)13-10/h4-5,7-9H,2-3,6H2,1H3. The van der Waals surface area contributed by atoms with Crippen LogP contribution < -0.4 is 0 Å². The Bertz CT molecular complexity index is 287. The van der Waals surface area contributed by atoms with Gasteiger partial charge in [-0.3, -0.25) is 4.99 Å². The maximum atomic E-state index is 5.74. The van der Waals surface area contributed by atoms with Crippen LogP contribution >= 0.6 is 0 Å². The van der Waals surface area contributed by atoms with E-state index in [9.17, 15) is 0 Å². The molecule has 3 heterocycles. The van der Waals surface area contributed by atoms with Gasteiger partial charge in [0.15, 0.2) is 0 Å². The number of likely N-dealkylation sites (tertiary alicyclic amines) is 1. The molecule has 2 saturated heterocycles. The highest BCUT2D eigenvalue weighted by Gasteiger charge is 2.61. The highest BCUT2D eigenvalue weighted by molar-refractivity contribution is 5.77. The van der Waals surface area contributed by atoms with E-state index in [0.717, 1.165) is 0 Å². The largest absolute Gasteiger partial charge is 0.354 e. The quantitative estimate of drug-likeness (QED) is 0.556. The maximum absolute atomic E-state index is 5.74. The summed E-state index contributed by atoms with van der Waals surface area (Å²) in [5.41, 5.74) is -0.0556. The van der Waals surface area contributed by atoms with E-state index in [2.05, 4.69) is 23.0 Å². The molecule has 0 saturated carbocycles. The molecule has 3 rings (SSSR count). The number of aliphatic imine (C=N–C) groups is 1. The molecule has 13 heavy (non-hydrogen) atoms. The number of fused-ring (bicyclic) bond motifs is 1. The summed E-state index contributed by atoms with van der Waals surface area (Å²) in [5, 5.41) is 0. The monoisotopic (exact) mass is 178 g/mol. The van der Waals surface area contributed by atoms with Gasteiger partial charge in [-0.15, -0.1) is 0 Å². The van der Waals surface area contributed by atoms with Crippen molar-refractivity contribution in [1.29, 1.82) is 0 Å². The molecule has 0 radical (unpaired) electrons. The first-order valence-corrected chi connectivity index (χ1v) is 4.92. The molecule has 0 aliphatic carbocycles. The number of rotatable bonds is 1. The first-order valence-electron chi connectivity index (χ1n) is 4.92. The zero-order valence-corrected chi connectivity index (χ0v) is 7.81. The van der Waals surface area contributed by atoms with Crippen LogP contribution in [0.1, 0.15) is 12.8 Å². The van der Waals surface area contributed by atoms with Gasteiger partial charge in [0, 0.05) is 18.5 Å². The predicted molar refractivity (Wildman–Crippen MR) is 50.9 cm³/mol. The van der Waals surface area contributed by atoms with E-state index in [1.807, 2.05) is 12.4 Å². The van der Waals surface area contributed by atoms with Gasteiger partial charge in [0.25, 0.3) is 0 Å². The third kappa shape index (κ3) is 0.944. The van der Waals surface area contributed by atoms with Crippen LogP contribution in [0.15, 0.2) is 17.3 Å². The van der Waals surface area contributed by atoms with E-state index in [-0.39, 0.29) is 5.60 Å². The Morgan fingerprint density at radius 3 is 3.23 bits per heavy atom. The molecule has 0 aromatic rings. The zero-order chi connectivity index (χ0) is 8.89. The van der Waals surface area contributed by atoms with Crippen molar-refractivity contribution in [3.8, 4) is 0 Å². The molecular weight excluding hydrogens is 164 g/mol. The molecule has 3 unspecified atom stereocenters. The van der Waals surface area contributed by atoms with Gasteiger partial charge in [-0.1, -0.05) is 0 Å². The lowest BCUT2D eigenvalue weighted by molar-refractivity contribution is 0.215. The summed E-state index contributed by atoms with van der Waals surface area (Å²) < 4.78 is 5.74. The summed E-state index contributed by atoms with van der Waals surface area (Å²) in [5.74, 6) is 0. The van der Waals surface area contributed by atoms with Gasteiger partial charge in [-0.2, -0.15) is 0 Å². The Morgan fingerprint density at radius 2 is 2.54 bits per heavy atom. The number of nitrogens with zero attached hydrogens (tertiary/aromatic N) is 2. The Morgan fingerprint density at radius 1 is 1.62 bits per heavy atom. The summed E-state index contributed by atoms with van der Waals surface area (Å²) in [6.07, 6.45) is 8.72. The molecule has 2 fully saturated rings. The van der Waals surface area contributed by atoms with Crippen molar-refractivity contribution in [2.45, 2.75) is 30.6 Å². The molecule has 0 aromatic carbocycles. The van der Waals surface area contributed by atoms with Crippen molar-refractivity contribution in [2.24, 2.45) is 4.99 Å². The minimum atomic E-state index is -0.0556. The van der Waals surface area contributed by atoms with Crippen LogP contribution in [-0.4, -0.2) is 42.5 Å². The molecule has 3 heteroatoms. The summed E-state index contributed by atoms with van der Waals surface area (Å²) in [6, 6.07) is 0.547. The van der Waals surface area contributed by atoms with E-state index in [4.69, 9.17) is 4.74 Å². The number of hydrogen-bond acceptors (Lipinski definition) is 3. The third-order valence-electron chi connectivity index (χ3n) is 3.38. The van der Waals surface area contributed by atoms with Gasteiger partial charge in [0.2, 0.25) is 0 Å². The fourth-order valence-corrected chi connectivity index (χ4v) is 2.60. The van der Waals surface area contributed by atoms with Crippen LogP contribution in [0, 0.1) is 0 Å². The van der Waals surface area contributed by atoms with Crippen molar-refractivity contribution < 1.29 is 4.74 Å². The van der Waals surface area contributed by atoms with Crippen LogP contribution in [0.5, 0.6) is 0 Å². The fraction of sp³-hybridized carbons (Fsp3) is 0.700. The van der Waals surface area contributed by atoms with Gasteiger partial charge in [-0.25, -0.2) is 0 Å². The second kappa shape index (κ2) is 2.42. The van der Waals surface area contributed by atoms with Crippen LogP contribution in [-0.2, 0) is 4.74 Å². The molecule has 70 valence electrons. The summed E-state index contributed by atoms with van der Waals surface area (Å²) in [4.78, 5) is 6.59. The number of likely N-dealkylation sites (N-methyl/N-ethyl adjacent to an activating group) is 1. The minimum absolute atomic E-state index is 0.0556. The van der Waals surface area contributed by atoms with Crippen LogP contribution in [0.4, 0.5) is 0 Å². The fourth-order valence-electron chi connectivity index (χ4n) is 2.60. The number of ether oxygens (including phenoxy) is 1. The van der Waals surface area contributed by atoms with E-state index in [1.165, 1.54) is 19.4 Å². The smallest absolute Gasteiger partial charge is 0.149 e. The van der Waals surface area contributed by atoms with E-state index < -0.39 is 0 Å². The van der Waals surface area contributed by atoms with Gasteiger partial charge >= 0.3 is 0 Å². The van der Waals surface area contributed by atoms with Crippen molar-refractivity contribution in [2.75, 3.05) is 13.6 Å². The molecule has 3 aliphatic rings. The van der Waals surface area contributed by atoms with Crippen molar-refractivity contribution in [3.05, 3.63) is 12.3 Å². The van der Waals surface area contributed by atoms with Gasteiger partial charge < -0.3 is 9.64 Å². The minimum Gasteiger partial charge on any atom is -0.354 e. The van der Waals surface area contributed by atoms with Crippen LogP contribution in [0.25, 0.3) is 0 Å². The molecule has 0 spiro atoms. The predicted octanol–water partition coefficient (Wildman–Crippen LogP) is 0.816. The summed E-state index contributed by atoms with van der Waals surface area (Å²) in [7, 11) is 2.18. The van der Waals surface area contributed by atoms with Crippen molar-refractivity contribution in [1.82, 2.24) is 4.90 Å². The van der Waals surface area contributed by atoms with Crippen molar-refractivity contribution >= 4 is 6.21 Å². The molecule has 0 N–H and O–H groups in total. The normalized spacial score (nSPS) is 48.1. The van der Waals surface area contributed by atoms with Gasteiger partial charge in [-0.05, 0) is 32.5 Å². The Kier molecular flexibility index (Phi) is 1.44. The summed E-state index contributed by atoms with van der Waals surface area (Å²) in [6.45, 7) is 1.19. The number of hydrogen-bond donors (Lipinski definition) is 0. The Hall–Kier alpha value is -0.670. The molecule has 3 atom stereocenters.